The molecule has 1 aliphatic heterocycles. The summed E-state index contributed by atoms with van der Waals surface area (Å²) in [6.45, 7) is 4.25. The summed E-state index contributed by atoms with van der Waals surface area (Å²) in [5.74, 6) is 0. The summed E-state index contributed by atoms with van der Waals surface area (Å²) in [5, 5.41) is 3.40. The molecule has 1 saturated heterocycles. The molecule has 1 N–H and O–H groups in total. The number of hydrogen-bond donors (Lipinski definition) is 1. The number of oxazole rings is 1. The molecule has 0 atom stereocenters. The van der Waals surface area contributed by atoms with Crippen LogP contribution in [0, 0.1) is 0 Å². The topological polar surface area (TPSA) is 41.3 Å². The van der Waals surface area contributed by atoms with Crippen LogP contribution in [-0.2, 0) is 0 Å². The zero-order valence-corrected chi connectivity index (χ0v) is 10.9. The maximum atomic E-state index is 5.80. The van der Waals surface area contributed by atoms with Crippen molar-refractivity contribution in [1.29, 1.82) is 0 Å². The van der Waals surface area contributed by atoms with Crippen LogP contribution < -0.4 is 10.2 Å². The van der Waals surface area contributed by atoms with E-state index in [2.05, 4.69) is 22.1 Å². The molecule has 4 heteroatoms. The fraction of sp³-hybridized carbons (Fsp3) is 0.500. The van der Waals surface area contributed by atoms with E-state index >= 15 is 0 Å². The molecule has 1 fully saturated rings. The summed E-state index contributed by atoms with van der Waals surface area (Å²) in [7, 11) is 2.04. The molecule has 96 valence electrons. The maximum absolute atomic E-state index is 5.80. The number of nitrogens with zero attached hydrogens (tertiary/aromatic N) is 2. The molecule has 0 saturated carbocycles. The van der Waals surface area contributed by atoms with Crippen LogP contribution in [-0.4, -0.2) is 30.7 Å². The lowest BCUT2D eigenvalue weighted by molar-refractivity contribution is 0.299. The van der Waals surface area contributed by atoms with Gasteiger partial charge in [-0.15, -0.1) is 0 Å². The molecular formula is C14H19N3O. The fourth-order valence-corrected chi connectivity index (χ4v) is 2.44. The van der Waals surface area contributed by atoms with Crippen molar-refractivity contribution in [2.45, 2.75) is 25.3 Å². The van der Waals surface area contributed by atoms with Crippen LogP contribution in [0.1, 0.15) is 19.8 Å². The van der Waals surface area contributed by atoms with Crippen LogP contribution in [0.2, 0.25) is 0 Å². The molecule has 18 heavy (non-hydrogen) atoms. The Hall–Kier alpha value is -1.55. The van der Waals surface area contributed by atoms with Gasteiger partial charge in [0.1, 0.15) is 5.52 Å². The van der Waals surface area contributed by atoms with E-state index in [4.69, 9.17) is 4.42 Å². The second kappa shape index (κ2) is 4.28. The Balaban J connectivity index is 1.80. The van der Waals surface area contributed by atoms with Gasteiger partial charge >= 0.3 is 0 Å². The third-order valence-electron chi connectivity index (χ3n) is 4.02. The summed E-state index contributed by atoms with van der Waals surface area (Å²) < 4.78 is 5.80. The first-order chi connectivity index (χ1) is 8.70. The lowest BCUT2D eigenvalue weighted by Crippen LogP contribution is -2.50. The molecule has 1 aromatic heterocycles. The Morgan fingerprint density at radius 1 is 1.28 bits per heavy atom. The number of piperidine rings is 1. The van der Waals surface area contributed by atoms with Crippen molar-refractivity contribution in [3.63, 3.8) is 0 Å². The minimum atomic E-state index is 0.252. The number of hydrogen-bond acceptors (Lipinski definition) is 4. The summed E-state index contributed by atoms with van der Waals surface area (Å²) in [6.07, 6.45) is 2.23. The summed E-state index contributed by atoms with van der Waals surface area (Å²) in [4.78, 5) is 6.78. The number of para-hydroxylation sites is 2. The van der Waals surface area contributed by atoms with Gasteiger partial charge in [0.15, 0.2) is 5.58 Å². The monoisotopic (exact) mass is 245 g/mol. The van der Waals surface area contributed by atoms with Crippen molar-refractivity contribution in [2.24, 2.45) is 0 Å². The smallest absolute Gasteiger partial charge is 0.298 e. The van der Waals surface area contributed by atoms with Gasteiger partial charge in [0.05, 0.1) is 0 Å². The van der Waals surface area contributed by atoms with E-state index in [1.807, 2.05) is 31.3 Å². The first-order valence-corrected chi connectivity index (χ1v) is 6.50. The van der Waals surface area contributed by atoms with E-state index in [1.54, 1.807) is 0 Å². The van der Waals surface area contributed by atoms with Crippen molar-refractivity contribution in [3.05, 3.63) is 24.3 Å². The highest BCUT2D eigenvalue weighted by Gasteiger charge is 2.29. The van der Waals surface area contributed by atoms with E-state index in [9.17, 15) is 0 Å². The molecule has 0 aliphatic carbocycles. The van der Waals surface area contributed by atoms with Gasteiger partial charge in [0.2, 0.25) is 0 Å². The summed E-state index contributed by atoms with van der Waals surface area (Å²) >= 11 is 0. The average Bonchev–Trinajstić information content (AvgIpc) is 2.83. The predicted molar refractivity (Wildman–Crippen MR) is 72.9 cm³/mol. The predicted octanol–water partition coefficient (Wildman–Crippen LogP) is 2.41. The normalized spacial score (nSPS) is 19.3. The van der Waals surface area contributed by atoms with Crippen molar-refractivity contribution in [3.8, 4) is 0 Å². The molecule has 2 aromatic rings. The quantitative estimate of drug-likeness (QED) is 0.882. The van der Waals surface area contributed by atoms with E-state index in [0.29, 0.717) is 0 Å². The van der Waals surface area contributed by atoms with Crippen LogP contribution in [0.5, 0.6) is 0 Å². The van der Waals surface area contributed by atoms with Crippen molar-refractivity contribution in [2.75, 3.05) is 25.0 Å². The number of anilines is 1. The molecule has 0 spiro atoms. The molecule has 1 aliphatic rings. The van der Waals surface area contributed by atoms with Crippen LogP contribution in [0.15, 0.2) is 28.7 Å². The van der Waals surface area contributed by atoms with Crippen LogP contribution in [0.25, 0.3) is 11.1 Å². The molecule has 3 rings (SSSR count). The van der Waals surface area contributed by atoms with E-state index < -0.39 is 0 Å². The fourth-order valence-electron chi connectivity index (χ4n) is 2.44. The SMILES string of the molecule is CNC1(C)CCN(c2nc3ccccc3o2)CC1. The molecule has 2 heterocycles. The maximum Gasteiger partial charge on any atom is 0.298 e. The highest BCUT2D eigenvalue weighted by Crippen LogP contribution is 2.27. The average molecular weight is 245 g/mol. The largest absolute Gasteiger partial charge is 0.423 e. The summed E-state index contributed by atoms with van der Waals surface area (Å²) in [6, 6.07) is 8.68. The first kappa shape index (κ1) is 11.5. The molecule has 0 unspecified atom stereocenters. The Labute approximate surface area is 107 Å². The van der Waals surface area contributed by atoms with Crippen molar-refractivity contribution in [1.82, 2.24) is 10.3 Å². The van der Waals surface area contributed by atoms with Crippen molar-refractivity contribution >= 4 is 17.1 Å². The lowest BCUT2D eigenvalue weighted by atomic mass is 9.90. The highest BCUT2D eigenvalue weighted by molar-refractivity contribution is 5.74. The van der Waals surface area contributed by atoms with Gasteiger partial charge in [-0.1, -0.05) is 12.1 Å². The van der Waals surface area contributed by atoms with Gasteiger partial charge in [-0.2, -0.15) is 4.98 Å². The van der Waals surface area contributed by atoms with Gasteiger partial charge in [-0.3, -0.25) is 0 Å². The second-order valence-corrected chi connectivity index (χ2v) is 5.26. The first-order valence-electron chi connectivity index (χ1n) is 6.50. The highest BCUT2D eigenvalue weighted by atomic mass is 16.4. The third kappa shape index (κ3) is 1.97. The Bertz CT molecular complexity index is 508. The second-order valence-electron chi connectivity index (χ2n) is 5.26. The van der Waals surface area contributed by atoms with Crippen LogP contribution >= 0.6 is 0 Å². The zero-order valence-electron chi connectivity index (χ0n) is 10.9. The number of fused-ring (bicyclic) bond motifs is 1. The third-order valence-corrected chi connectivity index (χ3v) is 4.02. The molecular weight excluding hydrogens is 226 g/mol. The molecule has 0 amide bonds. The zero-order chi connectivity index (χ0) is 12.6. The molecule has 0 radical (unpaired) electrons. The van der Waals surface area contributed by atoms with Gasteiger partial charge < -0.3 is 14.6 Å². The minimum absolute atomic E-state index is 0.252. The molecule has 0 bridgehead atoms. The Morgan fingerprint density at radius 3 is 2.67 bits per heavy atom. The minimum Gasteiger partial charge on any atom is -0.423 e. The Kier molecular flexibility index (Phi) is 2.74. The van der Waals surface area contributed by atoms with Gasteiger partial charge in [-0.05, 0) is 38.9 Å². The molecule has 1 aromatic carbocycles. The molecule has 4 nitrogen and oxygen atoms in total. The standard InChI is InChI=1S/C14H19N3O/c1-14(15-2)7-9-17(10-8-14)13-16-11-5-3-4-6-12(11)18-13/h3-6,15H,7-10H2,1-2H3. The van der Waals surface area contributed by atoms with Crippen molar-refractivity contribution < 1.29 is 4.42 Å². The van der Waals surface area contributed by atoms with Gasteiger partial charge in [0.25, 0.3) is 6.01 Å². The van der Waals surface area contributed by atoms with Gasteiger partial charge in [-0.25, -0.2) is 0 Å². The van der Waals surface area contributed by atoms with E-state index in [1.165, 1.54) is 0 Å². The van der Waals surface area contributed by atoms with E-state index in [0.717, 1.165) is 43.0 Å². The summed E-state index contributed by atoms with van der Waals surface area (Å²) in [5.41, 5.74) is 2.06. The van der Waals surface area contributed by atoms with Crippen LogP contribution in [0.4, 0.5) is 6.01 Å². The number of nitrogens with one attached hydrogen (secondary N) is 1. The van der Waals surface area contributed by atoms with Gasteiger partial charge in [0, 0.05) is 18.6 Å². The van der Waals surface area contributed by atoms with E-state index in [-0.39, 0.29) is 5.54 Å². The lowest BCUT2D eigenvalue weighted by Gasteiger charge is -2.38. The van der Waals surface area contributed by atoms with Crippen LogP contribution in [0.3, 0.4) is 0 Å². The number of benzene rings is 1. The number of aromatic nitrogens is 1. The Morgan fingerprint density at radius 2 is 2.00 bits per heavy atom. The number of rotatable bonds is 2.